The highest BCUT2D eigenvalue weighted by Gasteiger charge is 2.36. The molecule has 0 saturated heterocycles. The van der Waals surface area contributed by atoms with Crippen molar-refractivity contribution in [3.63, 3.8) is 0 Å². The molecule has 3 fully saturated rings. The maximum Gasteiger partial charge on any atom is 0.387 e. The van der Waals surface area contributed by atoms with Gasteiger partial charge in [-0.15, -0.1) is 0 Å². The third kappa shape index (κ3) is 6.45. The number of halogens is 2. The van der Waals surface area contributed by atoms with Gasteiger partial charge in [-0.1, -0.05) is 76.8 Å². The second-order valence-electron chi connectivity index (χ2n) is 10.9. The Balaban J connectivity index is 1.19. The Kier molecular flexibility index (Phi) is 8.29. The second-order valence-corrected chi connectivity index (χ2v) is 10.9. The maximum absolute atomic E-state index is 12.4. The minimum Gasteiger partial charge on any atom is -0.435 e. The Morgan fingerprint density at radius 3 is 2.00 bits per heavy atom. The van der Waals surface area contributed by atoms with Gasteiger partial charge in [0.15, 0.2) is 0 Å². The Bertz CT molecular complexity index is 649. The molecular formula is C28H42F2O. The molecule has 4 atom stereocenters. The van der Waals surface area contributed by atoms with Crippen LogP contribution in [0.25, 0.3) is 0 Å². The molecule has 1 aromatic rings. The van der Waals surface area contributed by atoms with E-state index in [-0.39, 0.29) is 5.75 Å². The Morgan fingerprint density at radius 1 is 0.742 bits per heavy atom. The van der Waals surface area contributed by atoms with Crippen LogP contribution >= 0.6 is 0 Å². The first-order valence-corrected chi connectivity index (χ1v) is 13.2. The van der Waals surface area contributed by atoms with Gasteiger partial charge in [0.2, 0.25) is 0 Å². The third-order valence-corrected chi connectivity index (χ3v) is 8.94. The van der Waals surface area contributed by atoms with E-state index >= 15 is 0 Å². The molecule has 0 amide bonds. The lowest BCUT2D eigenvalue weighted by molar-refractivity contribution is -0.0498. The molecule has 31 heavy (non-hydrogen) atoms. The van der Waals surface area contributed by atoms with Crippen molar-refractivity contribution in [1.82, 2.24) is 0 Å². The van der Waals surface area contributed by atoms with Gasteiger partial charge in [0.25, 0.3) is 0 Å². The fourth-order valence-electron chi connectivity index (χ4n) is 7.16. The van der Waals surface area contributed by atoms with E-state index in [1.54, 1.807) is 12.1 Å². The predicted molar refractivity (Wildman–Crippen MR) is 124 cm³/mol. The first-order valence-electron chi connectivity index (χ1n) is 13.2. The van der Waals surface area contributed by atoms with Gasteiger partial charge < -0.3 is 4.74 Å². The van der Waals surface area contributed by atoms with Crippen molar-refractivity contribution < 1.29 is 13.5 Å². The summed E-state index contributed by atoms with van der Waals surface area (Å²) in [4.78, 5) is 0. The summed E-state index contributed by atoms with van der Waals surface area (Å²) in [7, 11) is 0. The lowest BCUT2D eigenvalue weighted by Crippen LogP contribution is -2.30. The zero-order valence-electron chi connectivity index (χ0n) is 19.4. The second kappa shape index (κ2) is 11.1. The lowest BCUT2D eigenvalue weighted by atomic mass is 9.63. The van der Waals surface area contributed by atoms with Gasteiger partial charge in [0.1, 0.15) is 5.75 Å². The van der Waals surface area contributed by atoms with Crippen LogP contribution in [0.5, 0.6) is 5.75 Å². The van der Waals surface area contributed by atoms with Crippen molar-refractivity contribution in [3.8, 4) is 5.75 Å². The summed E-state index contributed by atoms with van der Waals surface area (Å²) in [6.07, 6.45) is 19.9. The third-order valence-electron chi connectivity index (χ3n) is 8.94. The Hall–Kier alpha value is -1.12. The Labute approximate surface area is 188 Å². The number of alkyl halides is 2. The van der Waals surface area contributed by atoms with Gasteiger partial charge in [-0.2, -0.15) is 8.78 Å². The number of fused-ring (bicyclic) bond motifs is 1. The van der Waals surface area contributed by atoms with Crippen molar-refractivity contribution in [3.05, 3.63) is 29.8 Å². The molecule has 3 aliphatic carbocycles. The van der Waals surface area contributed by atoms with E-state index < -0.39 is 6.61 Å². The van der Waals surface area contributed by atoms with Gasteiger partial charge in [-0.3, -0.25) is 0 Å². The molecule has 0 radical (unpaired) electrons. The minimum absolute atomic E-state index is 0.270. The molecule has 0 aromatic heterocycles. The standard InChI is InChI=1S/C28H42F2O/c1-2-3-20-4-6-21(7-5-20)8-9-22-10-11-26-19-25(13-12-24(26)18-22)23-14-16-27(17-15-23)31-28(29)30/h14-17,20-22,24-26,28H,2-13,18-19H2,1H3. The smallest absolute Gasteiger partial charge is 0.387 e. The first kappa shape index (κ1) is 23.1. The van der Waals surface area contributed by atoms with Crippen LogP contribution in [0.3, 0.4) is 0 Å². The van der Waals surface area contributed by atoms with Crippen LogP contribution in [0.1, 0.15) is 108 Å². The van der Waals surface area contributed by atoms with E-state index in [4.69, 9.17) is 0 Å². The average molecular weight is 433 g/mol. The van der Waals surface area contributed by atoms with E-state index in [9.17, 15) is 8.78 Å². The molecule has 0 aliphatic heterocycles. The maximum atomic E-state index is 12.4. The van der Waals surface area contributed by atoms with Crippen LogP contribution in [0.4, 0.5) is 8.78 Å². The SMILES string of the molecule is CCCC1CCC(CCC2CCC3CC(c4ccc(OC(F)F)cc4)CCC3C2)CC1. The van der Waals surface area contributed by atoms with E-state index in [1.165, 1.54) is 95.5 Å². The van der Waals surface area contributed by atoms with Crippen molar-refractivity contribution in [1.29, 1.82) is 0 Å². The fourth-order valence-corrected chi connectivity index (χ4v) is 7.16. The fraction of sp³-hybridized carbons (Fsp3) is 0.786. The molecule has 1 aromatic carbocycles. The van der Waals surface area contributed by atoms with Crippen LogP contribution in [0.15, 0.2) is 24.3 Å². The molecule has 3 saturated carbocycles. The van der Waals surface area contributed by atoms with Crippen LogP contribution < -0.4 is 4.74 Å². The number of ether oxygens (including phenoxy) is 1. The predicted octanol–water partition coefficient (Wildman–Crippen LogP) is 8.97. The molecule has 1 nitrogen and oxygen atoms in total. The zero-order valence-corrected chi connectivity index (χ0v) is 19.4. The summed E-state index contributed by atoms with van der Waals surface area (Å²) in [5.74, 6) is 5.67. The van der Waals surface area contributed by atoms with Crippen LogP contribution in [-0.2, 0) is 0 Å². The quantitative estimate of drug-likeness (QED) is 0.398. The number of benzene rings is 1. The molecule has 0 heterocycles. The lowest BCUT2D eigenvalue weighted by Gasteiger charge is -2.43. The number of hydrogen-bond acceptors (Lipinski definition) is 1. The molecule has 3 aliphatic rings. The van der Waals surface area contributed by atoms with Gasteiger partial charge in [0.05, 0.1) is 0 Å². The molecule has 4 unspecified atom stereocenters. The first-order chi connectivity index (χ1) is 15.1. The summed E-state index contributed by atoms with van der Waals surface area (Å²) in [6.45, 7) is -0.412. The number of hydrogen-bond donors (Lipinski definition) is 0. The molecule has 0 spiro atoms. The summed E-state index contributed by atoms with van der Waals surface area (Å²) >= 11 is 0. The molecule has 4 rings (SSSR count). The summed E-state index contributed by atoms with van der Waals surface area (Å²) < 4.78 is 29.3. The molecule has 3 heteroatoms. The van der Waals surface area contributed by atoms with Gasteiger partial charge >= 0.3 is 6.61 Å². The highest BCUT2D eigenvalue weighted by atomic mass is 19.3. The monoisotopic (exact) mass is 432 g/mol. The largest absolute Gasteiger partial charge is 0.435 e. The van der Waals surface area contributed by atoms with Crippen LogP contribution in [0, 0.1) is 29.6 Å². The summed E-state index contributed by atoms with van der Waals surface area (Å²) in [5, 5.41) is 0. The zero-order chi connectivity index (χ0) is 21.6. The Morgan fingerprint density at radius 2 is 1.32 bits per heavy atom. The van der Waals surface area contributed by atoms with E-state index in [2.05, 4.69) is 11.7 Å². The number of rotatable bonds is 8. The van der Waals surface area contributed by atoms with Crippen molar-refractivity contribution >= 4 is 0 Å². The molecule has 0 N–H and O–H groups in total. The molecular weight excluding hydrogens is 390 g/mol. The average Bonchev–Trinajstić information content (AvgIpc) is 2.78. The molecule has 0 bridgehead atoms. The van der Waals surface area contributed by atoms with E-state index in [1.807, 2.05) is 12.1 Å². The normalized spacial score (nSPS) is 33.8. The van der Waals surface area contributed by atoms with Crippen molar-refractivity contribution in [2.24, 2.45) is 29.6 Å². The summed E-state index contributed by atoms with van der Waals surface area (Å²) in [6, 6.07) is 7.42. The highest BCUT2D eigenvalue weighted by molar-refractivity contribution is 5.30. The van der Waals surface area contributed by atoms with Crippen molar-refractivity contribution in [2.45, 2.75) is 109 Å². The molecule has 174 valence electrons. The van der Waals surface area contributed by atoms with Crippen molar-refractivity contribution in [2.75, 3.05) is 0 Å². The topological polar surface area (TPSA) is 9.23 Å². The van der Waals surface area contributed by atoms with E-state index in [0.717, 1.165) is 29.6 Å². The van der Waals surface area contributed by atoms with Crippen LogP contribution in [-0.4, -0.2) is 6.61 Å². The van der Waals surface area contributed by atoms with Gasteiger partial charge in [0, 0.05) is 0 Å². The van der Waals surface area contributed by atoms with E-state index in [0.29, 0.717) is 5.92 Å². The van der Waals surface area contributed by atoms with Gasteiger partial charge in [-0.25, -0.2) is 0 Å². The summed E-state index contributed by atoms with van der Waals surface area (Å²) in [5.41, 5.74) is 1.31. The minimum atomic E-state index is -2.74. The van der Waals surface area contributed by atoms with Crippen LogP contribution in [0.2, 0.25) is 0 Å². The highest BCUT2D eigenvalue weighted by Crippen LogP contribution is 2.49. The van der Waals surface area contributed by atoms with Gasteiger partial charge in [-0.05, 0) is 85.3 Å².